The highest BCUT2D eigenvalue weighted by molar-refractivity contribution is 6.30. The maximum Gasteiger partial charge on any atom is 0.310 e. The second kappa shape index (κ2) is 6.77. The Hall–Kier alpha value is -0.730. The molecular formula is C12H14Cl2O2. The zero-order valence-corrected chi connectivity index (χ0v) is 10.3. The van der Waals surface area contributed by atoms with Gasteiger partial charge >= 0.3 is 5.97 Å². The Kier molecular flexibility index (Phi) is 5.64. The van der Waals surface area contributed by atoms with Crippen LogP contribution in [-0.2, 0) is 4.79 Å². The molecule has 1 unspecified atom stereocenters. The number of rotatable bonds is 6. The molecule has 0 spiro atoms. The van der Waals surface area contributed by atoms with Gasteiger partial charge in [-0.1, -0.05) is 30.2 Å². The third kappa shape index (κ3) is 4.03. The van der Waals surface area contributed by atoms with E-state index in [0.29, 0.717) is 17.3 Å². The molecule has 0 aliphatic heterocycles. The van der Waals surface area contributed by atoms with Gasteiger partial charge in [0.1, 0.15) is 0 Å². The van der Waals surface area contributed by atoms with Crippen molar-refractivity contribution >= 4 is 29.2 Å². The second-order valence-electron chi connectivity index (χ2n) is 3.63. The number of alkyl halides is 1. The molecule has 0 aromatic heterocycles. The summed E-state index contributed by atoms with van der Waals surface area (Å²) in [6.07, 6.45) is 2.28. The largest absolute Gasteiger partial charge is 0.481 e. The summed E-state index contributed by atoms with van der Waals surface area (Å²) in [7, 11) is 0. The molecule has 16 heavy (non-hydrogen) atoms. The molecule has 0 saturated heterocycles. The molecule has 0 fully saturated rings. The fraction of sp³-hybridized carbons (Fsp3) is 0.417. The Morgan fingerprint density at radius 1 is 1.25 bits per heavy atom. The fourth-order valence-corrected chi connectivity index (χ4v) is 1.89. The fourth-order valence-electron chi connectivity index (χ4n) is 1.57. The van der Waals surface area contributed by atoms with Gasteiger partial charge in [-0.25, -0.2) is 0 Å². The van der Waals surface area contributed by atoms with Gasteiger partial charge in [-0.3, -0.25) is 4.79 Å². The smallest absolute Gasteiger partial charge is 0.310 e. The van der Waals surface area contributed by atoms with E-state index < -0.39 is 11.9 Å². The molecule has 1 rings (SSSR count). The minimum atomic E-state index is -0.795. The van der Waals surface area contributed by atoms with Crippen molar-refractivity contribution in [1.29, 1.82) is 0 Å². The first kappa shape index (κ1) is 13.3. The van der Waals surface area contributed by atoms with Gasteiger partial charge in [-0.2, -0.15) is 0 Å². The first-order valence-electron chi connectivity index (χ1n) is 5.19. The van der Waals surface area contributed by atoms with Crippen LogP contribution in [0.25, 0.3) is 0 Å². The summed E-state index contributed by atoms with van der Waals surface area (Å²) in [5, 5.41) is 9.75. The van der Waals surface area contributed by atoms with Gasteiger partial charge in [-0.05, 0) is 30.5 Å². The molecule has 4 heteroatoms. The van der Waals surface area contributed by atoms with Crippen LogP contribution in [0.3, 0.4) is 0 Å². The Morgan fingerprint density at radius 3 is 2.38 bits per heavy atom. The maximum absolute atomic E-state index is 11.1. The van der Waals surface area contributed by atoms with E-state index >= 15 is 0 Å². The number of benzene rings is 1. The average Bonchev–Trinajstić information content (AvgIpc) is 2.26. The molecular weight excluding hydrogens is 247 g/mol. The van der Waals surface area contributed by atoms with Gasteiger partial charge in [0.2, 0.25) is 0 Å². The molecule has 2 nitrogen and oxygen atoms in total. The molecule has 1 aromatic rings. The van der Waals surface area contributed by atoms with Gasteiger partial charge in [0.25, 0.3) is 0 Å². The van der Waals surface area contributed by atoms with Crippen LogP contribution in [0.4, 0.5) is 0 Å². The van der Waals surface area contributed by atoms with Crippen LogP contribution in [0.15, 0.2) is 24.3 Å². The van der Waals surface area contributed by atoms with Crippen LogP contribution in [-0.4, -0.2) is 17.0 Å². The first-order valence-corrected chi connectivity index (χ1v) is 6.10. The van der Waals surface area contributed by atoms with E-state index in [1.165, 1.54) is 0 Å². The molecule has 0 amide bonds. The van der Waals surface area contributed by atoms with Crippen molar-refractivity contribution in [3.05, 3.63) is 34.9 Å². The number of halogens is 2. The van der Waals surface area contributed by atoms with Gasteiger partial charge in [0, 0.05) is 10.9 Å². The van der Waals surface area contributed by atoms with E-state index in [2.05, 4.69) is 0 Å². The van der Waals surface area contributed by atoms with E-state index in [4.69, 9.17) is 28.3 Å². The van der Waals surface area contributed by atoms with Crippen molar-refractivity contribution in [1.82, 2.24) is 0 Å². The van der Waals surface area contributed by atoms with Crippen LogP contribution in [0, 0.1) is 0 Å². The lowest BCUT2D eigenvalue weighted by atomic mass is 9.94. The maximum atomic E-state index is 11.1. The zero-order valence-electron chi connectivity index (χ0n) is 8.83. The van der Waals surface area contributed by atoms with Crippen LogP contribution in [0.1, 0.15) is 30.7 Å². The van der Waals surface area contributed by atoms with E-state index in [1.807, 2.05) is 0 Å². The van der Waals surface area contributed by atoms with E-state index in [9.17, 15) is 4.79 Å². The normalized spacial score (nSPS) is 12.4. The molecule has 0 aliphatic carbocycles. The number of unbranched alkanes of at least 4 members (excludes halogenated alkanes) is 1. The standard InChI is InChI=1S/C12H14Cl2O2/c13-8-2-1-3-11(12(15)16)9-4-6-10(14)7-5-9/h4-7,11H,1-3,8H2,(H,15,16). The highest BCUT2D eigenvalue weighted by atomic mass is 35.5. The zero-order chi connectivity index (χ0) is 12.0. The first-order chi connectivity index (χ1) is 7.65. The molecule has 1 atom stereocenters. The van der Waals surface area contributed by atoms with Crippen LogP contribution >= 0.6 is 23.2 Å². The molecule has 0 saturated carbocycles. The molecule has 0 heterocycles. The second-order valence-corrected chi connectivity index (χ2v) is 4.44. The van der Waals surface area contributed by atoms with Crippen molar-refractivity contribution < 1.29 is 9.90 Å². The van der Waals surface area contributed by atoms with Crippen LogP contribution in [0.2, 0.25) is 5.02 Å². The highest BCUT2D eigenvalue weighted by Gasteiger charge is 2.18. The average molecular weight is 261 g/mol. The van der Waals surface area contributed by atoms with Crippen molar-refractivity contribution in [3.8, 4) is 0 Å². The number of carbonyl (C=O) groups is 1. The number of carboxylic acid groups (broad SMARTS) is 1. The number of carboxylic acids is 1. The molecule has 1 N–H and O–H groups in total. The summed E-state index contributed by atoms with van der Waals surface area (Å²) in [4.78, 5) is 11.1. The quantitative estimate of drug-likeness (QED) is 0.622. The topological polar surface area (TPSA) is 37.3 Å². The predicted octanol–water partition coefficient (Wildman–Crippen LogP) is 3.92. The van der Waals surface area contributed by atoms with Crippen LogP contribution in [0.5, 0.6) is 0 Å². The third-order valence-corrected chi connectivity index (χ3v) is 2.97. The number of aliphatic carboxylic acids is 1. The third-order valence-electron chi connectivity index (χ3n) is 2.45. The lowest BCUT2D eigenvalue weighted by Gasteiger charge is -2.12. The lowest BCUT2D eigenvalue weighted by molar-refractivity contribution is -0.139. The lowest BCUT2D eigenvalue weighted by Crippen LogP contribution is -2.11. The summed E-state index contributed by atoms with van der Waals surface area (Å²) in [5.41, 5.74) is 0.798. The van der Waals surface area contributed by atoms with Gasteiger partial charge in [-0.15, -0.1) is 11.6 Å². The minimum absolute atomic E-state index is 0.458. The molecule has 1 aromatic carbocycles. The Bertz CT molecular complexity index is 335. The van der Waals surface area contributed by atoms with Gasteiger partial charge in [0.15, 0.2) is 0 Å². The molecule has 88 valence electrons. The highest BCUT2D eigenvalue weighted by Crippen LogP contribution is 2.24. The Morgan fingerprint density at radius 2 is 1.88 bits per heavy atom. The van der Waals surface area contributed by atoms with Crippen molar-refractivity contribution in [2.24, 2.45) is 0 Å². The Balaban J connectivity index is 2.69. The van der Waals surface area contributed by atoms with Gasteiger partial charge in [0.05, 0.1) is 5.92 Å². The van der Waals surface area contributed by atoms with E-state index in [-0.39, 0.29) is 0 Å². The summed E-state index contributed by atoms with van der Waals surface area (Å²) in [6, 6.07) is 6.96. The summed E-state index contributed by atoms with van der Waals surface area (Å²) < 4.78 is 0. The molecule has 0 radical (unpaired) electrons. The van der Waals surface area contributed by atoms with Crippen molar-refractivity contribution in [2.45, 2.75) is 25.2 Å². The van der Waals surface area contributed by atoms with Gasteiger partial charge < -0.3 is 5.11 Å². The van der Waals surface area contributed by atoms with E-state index in [1.54, 1.807) is 24.3 Å². The number of hydrogen-bond donors (Lipinski definition) is 1. The van der Waals surface area contributed by atoms with Crippen molar-refractivity contribution in [3.63, 3.8) is 0 Å². The Labute approximate surface area is 105 Å². The summed E-state index contributed by atoms with van der Waals surface area (Å²) >= 11 is 11.3. The molecule has 0 aliphatic rings. The van der Waals surface area contributed by atoms with Crippen molar-refractivity contribution in [2.75, 3.05) is 5.88 Å². The summed E-state index contributed by atoms with van der Waals surface area (Å²) in [6.45, 7) is 0. The predicted molar refractivity (Wildman–Crippen MR) is 66.4 cm³/mol. The SMILES string of the molecule is O=C(O)C(CCCCCl)c1ccc(Cl)cc1. The monoisotopic (exact) mass is 260 g/mol. The number of hydrogen-bond acceptors (Lipinski definition) is 1. The van der Waals surface area contributed by atoms with Crippen LogP contribution < -0.4 is 0 Å². The molecule has 0 bridgehead atoms. The summed E-state index contributed by atoms with van der Waals surface area (Å²) in [5.74, 6) is -0.676. The van der Waals surface area contributed by atoms with E-state index in [0.717, 1.165) is 18.4 Å². The minimum Gasteiger partial charge on any atom is -0.481 e.